The molecule has 9 heteroatoms. The van der Waals surface area contributed by atoms with Crippen LogP contribution in [-0.2, 0) is 30.5 Å². The summed E-state index contributed by atoms with van der Waals surface area (Å²) in [5, 5.41) is 0. The molecule has 0 atom stereocenters. The number of aromatic nitrogens is 2. The van der Waals surface area contributed by atoms with Crippen molar-refractivity contribution in [1.82, 2.24) is 13.9 Å². The van der Waals surface area contributed by atoms with E-state index in [1.54, 1.807) is 6.07 Å². The second kappa shape index (κ2) is 6.47. The zero-order valence-corrected chi connectivity index (χ0v) is 13.4. The third-order valence-corrected chi connectivity index (χ3v) is 4.74. The maximum Gasteiger partial charge on any atom is 0.330 e. The summed E-state index contributed by atoms with van der Waals surface area (Å²) < 4.78 is 41.5. The summed E-state index contributed by atoms with van der Waals surface area (Å²) in [6.45, 7) is -0.00220. The Morgan fingerprint density at radius 3 is 2.57 bits per heavy atom. The Morgan fingerprint density at radius 2 is 1.91 bits per heavy atom. The van der Waals surface area contributed by atoms with Crippen LogP contribution in [0.15, 0.2) is 44.9 Å². The maximum atomic E-state index is 13.1. The Hall–Kier alpha value is -2.26. The summed E-state index contributed by atoms with van der Waals surface area (Å²) in [5.41, 5.74) is -0.888. The summed E-state index contributed by atoms with van der Waals surface area (Å²) >= 11 is 0. The van der Waals surface area contributed by atoms with Crippen LogP contribution >= 0.6 is 0 Å². The number of aryl methyl sites for hydroxylation is 1. The van der Waals surface area contributed by atoms with Gasteiger partial charge in [-0.05, 0) is 24.1 Å². The average Bonchev–Trinajstić information content (AvgIpc) is 2.48. The summed E-state index contributed by atoms with van der Waals surface area (Å²) in [6, 6.07) is 5.80. The first-order valence-electron chi connectivity index (χ1n) is 6.73. The van der Waals surface area contributed by atoms with E-state index in [4.69, 9.17) is 0 Å². The Bertz CT molecular complexity index is 947. The third-order valence-electron chi connectivity index (χ3n) is 3.30. The van der Waals surface area contributed by atoms with E-state index in [0.29, 0.717) is 5.56 Å². The maximum absolute atomic E-state index is 13.1. The van der Waals surface area contributed by atoms with Crippen molar-refractivity contribution in [2.24, 2.45) is 14.1 Å². The van der Waals surface area contributed by atoms with Crippen LogP contribution in [0.25, 0.3) is 0 Å². The molecule has 23 heavy (non-hydrogen) atoms. The molecule has 1 N–H and O–H groups in total. The van der Waals surface area contributed by atoms with Crippen molar-refractivity contribution in [1.29, 1.82) is 0 Å². The van der Waals surface area contributed by atoms with E-state index in [1.165, 1.54) is 32.3 Å². The molecular formula is C14H16FN3O4S. The minimum Gasteiger partial charge on any atom is -0.302 e. The normalized spacial score (nSPS) is 11.6. The fourth-order valence-corrected chi connectivity index (χ4v) is 3.25. The highest BCUT2D eigenvalue weighted by Crippen LogP contribution is 2.05. The van der Waals surface area contributed by atoms with Gasteiger partial charge in [0, 0.05) is 26.8 Å². The van der Waals surface area contributed by atoms with Crippen molar-refractivity contribution in [2.75, 3.05) is 6.54 Å². The van der Waals surface area contributed by atoms with Crippen LogP contribution in [-0.4, -0.2) is 24.1 Å². The fraction of sp³-hybridized carbons (Fsp3) is 0.286. The molecule has 0 fully saturated rings. The van der Waals surface area contributed by atoms with Crippen LogP contribution in [0.5, 0.6) is 0 Å². The average molecular weight is 341 g/mol. The van der Waals surface area contributed by atoms with Crippen molar-refractivity contribution in [3.8, 4) is 0 Å². The van der Waals surface area contributed by atoms with Crippen molar-refractivity contribution < 1.29 is 12.8 Å². The minimum atomic E-state index is -4.07. The predicted octanol–water partition coefficient (Wildman–Crippen LogP) is -0.256. The molecule has 1 heterocycles. The monoisotopic (exact) mass is 341 g/mol. The van der Waals surface area contributed by atoms with Gasteiger partial charge in [-0.15, -0.1) is 0 Å². The van der Waals surface area contributed by atoms with Gasteiger partial charge in [0.05, 0.1) is 0 Å². The van der Waals surface area contributed by atoms with Gasteiger partial charge < -0.3 is 4.57 Å². The molecule has 0 spiro atoms. The lowest BCUT2D eigenvalue weighted by Crippen LogP contribution is -2.41. The number of hydrogen-bond donors (Lipinski definition) is 1. The van der Waals surface area contributed by atoms with Gasteiger partial charge in [0.1, 0.15) is 5.82 Å². The SMILES string of the molecule is Cn1cc(S(=O)(=O)NCCc2cccc(F)c2)c(=O)n(C)c1=O. The van der Waals surface area contributed by atoms with Crippen LogP contribution < -0.4 is 16.0 Å². The number of nitrogens with zero attached hydrogens (tertiary/aromatic N) is 2. The lowest BCUT2D eigenvalue weighted by atomic mass is 10.1. The van der Waals surface area contributed by atoms with Gasteiger partial charge in [-0.1, -0.05) is 12.1 Å². The van der Waals surface area contributed by atoms with Crippen molar-refractivity contribution >= 4 is 10.0 Å². The number of benzene rings is 1. The molecule has 0 unspecified atom stereocenters. The zero-order valence-electron chi connectivity index (χ0n) is 12.6. The molecule has 0 saturated heterocycles. The molecule has 2 rings (SSSR count). The first-order valence-corrected chi connectivity index (χ1v) is 8.21. The largest absolute Gasteiger partial charge is 0.330 e. The number of hydrogen-bond acceptors (Lipinski definition) is 4. The molecule has 0 amide bonds. The lowest BCUT2D eigenvalue weighted by Gasteiger charge is -2.09. The van der Waals surface area contributed by atoms with E-state index in [1.807, 2.05) is 0 Å². The molecule has 0 aliphatic rings. The zero-order chi connectivity index (χ0) is 17.2. The van der Waals surface area contributed by atoms with E-state index in [-0.39, 0.29) is 13.0 Å². The highest BCUT2D eigenvalue weighted by molar-refractivity contribution is 7.89. The van der Waals surface area contributed by atoms with Crippen molar-refractivity contribution in [3.63, 3.8) is 0 Å². The van der Waals surface area contributed by atoms with Crippen LogP contribution in [0.2, 0.25) is 0 Å². The van der Waals surface area contributed by atoms with Gasteiger partial charge in [0.15, 0.2) is 4.90 Å². The van der Waals surface area contributed by atoms with Crippen molar-refractivity contribution in [3.05, 3.63) is 62.7 Å². The van der Waals surface area contributed by atoms with Crippen LogP contribution in [0.1, 0.15) is 5.56 Å². The van der Waals surface area contributed by atoms with Gasteiger partial charge in [0.25, 0.3) is 5.56 Å². The standard InChI is InChI=1S/C14H16FN3O4S/c1-17-9-12(13(19)18(2)14(17)20)23(21,22)16-7-6-10-4-3-5-11(15)8-10/h3-5,8-9,16H,6-7H2,1-2H3. The molecule has 0 saturated carbocycles. The van der Waals surface area contributed by atoms with E-state index < -0.39 is 32.0 Å². The molecule has 0 bridgehead atoms. The number of sulfonamides is 1. The van der Waals surface area contributed by atoms with E-state index in [2.05, 4.69) is 4.72 Å². The van der Waals surface area contributed by atoms with E-state index in [9.17, 15) is 22.4 Å². The Morgan fingerprint density at radius 1 is 1.22 bits per heavy atom. The topological polar surface area (TPSA) is 90.2 Å². The molecule has 7 nitrogen and oxygen atoms in total. The van der Waals surface area contributed by atoms with E-state index >= 15 is 0 Å². The fourth-order valence-electron chi connectivity index (χ4n) is 2.06. The summed E-state index contributed by atoms with van der Waals surface area (Å²) in [6.07, 6.45) is 1.25. The number of halogens is 1. The van der Waals surface area contributed by atoms with Gasteiger partial charge >= 0.3 is 5.69 Å². The summed E-state index contributed by atoms with van der Waals surface area (Å²) in [5.74, 6) is -0.405. The summed E-state index contributed by atoms with van der Waals surface area (Å²) in [7, 11) is -1.51. The van der Waals surface area contributed by atoms with Crippen LogP contribution in [0.4, 0.5) is 4.39 Å². The molecule has 0 radical (unpaired) electrons. The first kappa shape index (κ1) is 17.1. The van der Waals surface area contributed by atoms with Crippen molar-refractivity contribution in [2.45, 2.75) is 11.3 Å². The molecule has 2 aromatic rings. The Kier molecular flexibility index (Phi) is 4.81. The van der Waals surface area contributed by atoms with Crippen LogP contribution in [0.3, 0.4) is 0 Å². The molecule has 1 aromatic carbocycles. The van der Waals surface area contributed by atoms with Gasteiger partial charge in [-0.3, -0.25) is 9.36 Å². The minimum absolute atomic E-state index is 0.00220. The Balaban J connectivity index is 2.20. The first-order chi connectivity index (χ1) is 10.7. The molecule has 0 aliphatic heterocycles. The summed E-state index contributed by atoms with van der Waals surface area (Å²) in [4.78, 5) is 23.0. The van der Waals surface area contributed by atoms with Crippen LogP contribution in [0, 0.1) is 5.82 Å². The lowest BCUT2D eigenvalue weighted by molar-refractivity contribution is 0.571. The molecule has 1 aromatic heterocycles. The second-order valence-electron chi connectivity index (χ2n) is 5.03. The molecular weight excluding hydrogens is 325 g/mol. The number of rotatable bonds is 5. The van der Waals surface area contributed by atoms with Gasteiger partial charge in [0.2, 0.25) is 10.0 Å². The predicted molar refractivity (Wildman–Crippen MR) is 82.2 cm³/mol. The van der Waals surface area contributed by atoms with E-state index in [0.717, 1.165) is 15.3 Å². The highest BCUT2D eigenvalue weighted by atomic mass is 32.2. The molecule has 0 aliphatic carbocycles. The highest BCUT2D eigenvalue weighted by Gasteiger charge is 2.20. The van der Waals surface area contributed by atoms with Gasteiger partial charge in [-0.25, -0.2) is 22.3 Å². The third kappa shape index (κ3) is 3.74. The van der Waals surface area contributed by atoms with Gasteiger partial charge in [-0.2, -0.15) is 0 Å². The Labute approximate surface area is 132 Å². The second-order valence-corrected chi connectivity index (χ2v) is 6.76. The number of nitrogens with one attached hydrogen (secondary N) is 1. The quantitative estimate of drug-likeness (QED) is 0.812. The molecule has 124 valence electrons. The smallest absolute Gasteiger partial charge is 0.302 e.